The fourth-order valence-corrected chi connectivity index (χ4v) is 2.75. The van der Waals surface area contributed by atoms with E-state index in [4.69, 9.17) is 14.9 Å². The Morgan fingerprint density at radius 2 is 1.78 bits per heavy atom. The van der Waals surface area contributed by atoms with E-state index in [1.807, 2.05) is 0 Å². The maximum Gasteiger partial charge on any atom is 0.509 e. The molecule has 0 aliphatic rings. The summed E-state index contributed by atoms with van der Waals surface area (Å²) in [6.45, 7) is 2.16. The van der Waals surface area contributed by atoms with Crippen molar-refractivity contribution in [1.29, 1.82) is 0 Å². The lowest BCUT2D eigenvalue weighted by Gasteiger charge is -2.27. The number of aromatic amines is 1. The van der Waals surface area contributed by atoms with Gasteiger partial charge in [0.15, 0.2) is 0 Å². The summed E-state index contributed by atoms with van der Waals surface area (Å²) in [4.78, 5) is 25.1. The lowest BCUT2D eigenvalue weighted by atomic mass is 9.99. The average molecular weight is 327 g/mol. The van der Waals surface area contributed by atoms with Gasteiger partial charge in [-0.25, -0.2) is 4.79 Å². The smallest absolute Gasteiger partial charge is 0.481 e. The highest BCUT2D eigenvalue weighted by atomic mass is 16.7. The van der Waals surface area contributed by atoms with Gasteiger partial charge in [-0.1, -0.05) is 45.4 Å². The van der Waals surface area contributed by atoms with Crippen molar-refractivity contribution in [2.45, 2.75) is 70.4 Å². The zero-order chi connectivity index (χ0) is 17.1. The van der Waals surface area contributed by atoms with Gasteiger partial charge in [-0.15, -0.1) is 0 Å². The first-order valence-electron chi connectivity index (χ1n) is 8.18. The Balaban J connectivity index is 2.66. The summed E-state index contributed by atoms with van der Waals surface area (Å²) in [5.41, 5.74) is -1.40. The fraction of sp³-hybridized carbons (Fsp3) is 0.688. The van der Waals surface area contributed by atoms with E-state index in [0.717, 1.165) is 19.3 Å². The summed E-state index contributed by atoms with van der Waals surface area (Å²) in [5, 5.41) is 18.2. The summed E-state index contributed by atoms with van der Waals surface area (Å²) < 4.78 is 6.51. The lowest BCUT2D eigenvalue weighted by Crippen LogP contribution is -2.58. The molecule has 0 amide bonds. The molecule has 3 N–H and O–H groups in total. The molecule has 0 saturated heterocycles. The molecule has 1 heterocycles. The van der Waals surface area contributed by atoms with Crippen LogP contribution in [-0.2, 0) is 15.3 Å². The molecule has 0 bridgehead atoms. The summed E-state index contributed by atoms with van der Waals surface area (Å²) in [6, 6.07) is 0. The Morgan fingerprint density at radius 3 is 2.30 bits per heavy atom. The number of carboxylic acids is 1. The van der Waals surface area contributed by atoms with Gasteiger partial charge < -0.3 is 14.9 Å². The number of nitrogens with one attached hydrogen (secondary N) is 1. The highest BCUT2D eigenvalue weighted by Crippen LogP contribution is 2.25. The number of hydrogen-bond acceptors (Lipinski definition) is 3. The van der Waals surface area contributed by atoms with E-state index in [-0.39, 0.29) is 0 Å². The van der Waals surface area contributed by atoms with E-state index in [2.05, 4.69) is 11.9 Å². The number of carbonyl (C=O) groups is 2. The van der Waals surface area contributed by atoms with Crippen molar-refractivity contribution in [3.05, 3.63) is 18.7 Å². The van der Waals surface area contributed by atoms with E-state index in [1.165, 1.54) is 30.2 Å². The van der Waals surface area contributed by atoms with Crippen molar-refractivity contribution in [2.24, 2.45) is 0 Å². The molecule has 1 unspecified atom stereocenters. The van der Waals surface area contributed by atoms with Gasteiger partial charge in [0.2, 0.25) is 6.33 Å². The minimum Gasteiger partial charge on any atom is -0.481 e. The average Bonchev–Trinajstić information content (AvgIpc) is 2.99. The molecule has 0 aromatic carbocycles. The van der Waals surface area contributed by atoms with Gasteiger partial charge in [-0.3, -0.25) is 9.78 Å². The predicted molar refractivity (Wildman–Crippen MR) is 82.9 cm³/mol. The Labute approximate surface area is 136 Å². The number of carboxylic acid groups (broad SMARTS) is 2. The van der Waals surface area contributed by atoms with Crippen molar-refractivity contribution in [1.82, 2.24) is 4.98 Å². The Kier molecular flexibility index (Phi) is 8.15. The molecule has 1 aromatic rings. The zero-order valence-corrected chi connectivity index (χ0v) is 13.7. The molecule has 0 aliphatic carbocycles. The van der Waals surface area contributed by atoms with Gasteiger partial charge >= 0.3 is 12.1 Å². The number of unbranched alkanes of at least 4 members (excludes halogenated alkanes) is 6. The summed E-state index contributed by atoms with van der Waals surface area (Å²) in [5.74, 6) is -1.09. The molecule has 7 heteroatoms. The van der Waals surface area contributed by atoms with Gasteiger partial charge in [0, 0.05) is 6.42 Å². The standard InChI is InChI=1S/C16H26N2O5/c1-2-3-4-5-6-7-8-9-16(12-14(19)20,23-15(21)22)18-11-10-17-13-18/h10-11,13H,2-9,12H2,1H3,(H2,19,20,21,22)/p+1. The van der Waals surface area contributed by atoms with Crippen LogP contribution in [0.3, 0.4) is 0 Å². The number of H-pyrrole nitrogens is 1. The highest BCUT2D eigenvalue weighted by Gasteiger charge is 2.43. The maximum atomic E-state index is 11.2. The van der Waals surface area contributed by atoms with Gasteiger partial charge in [-0.05, 0) is 6.42 Å². The van der Waals surface area contributed by atoms with E-state index >= 15 is 0 Å². The van der Waals surface area contributed by atoms with Gasteiger partial charge in [0.1, 0.15) is 18.8 Å². The monoisotopic (exact) mass is 327 g/mol. The summed E-state index contributed by atoms with van der Waals surface area (Å²) >= 11 is 0. The summed E-state index contributed by atoms with van der Waals surface area (Å²) in [7, 11) is 0. The minimum atomic E-state index is -1.47. The second-order valence-electron chi connectivity index (χ2n) is 5.77. The van der Waals surface area contributed by atoms with Gasteiger partial charge in [0.25, 0.3) is 5.72 Å². The first-order chi connectivity index (χ1) is 11.0. The molecule has 1 rings (SSSR count). The second-order valence-corrected chi connectivity index (χ2v) is 5.77. The van der Waals surface area contributed by atoms with Crippen LogP contribution in [0, 0.1) is 0 Å². The summed E-state index contributed by atoms with van der Waals surface area (Å²) in [6.07, 6.45) is 10.7. The van der Waals surface area contributed by atoms with Crippen LogP contribution in [0.5, 0.6) is 0 Å². The topological polar surface area (TPSA) is 104 Å². The van der Waals surface area contributed by atoms with Crippen molar-refractivity contribution in [2.75, 3.05) is 0 Å². The number of nitrogens with zero attached hydrogens (tertiary/aromatic N) is 1. The van der Waals surface area contributed by atoms with Gasteiger partial charge in [-0.2, -0.15) is 4.57 Å². The number of aliphatic carboxylic acids is 1. The number of imidazole rings is 1. The van der Waals surface area contributed by atoms with Crippen molar-refractivity contribution in [3.8, 4) is 0 Å². The molecule has 0 spiro atoms. The van der Waals surface area contributed by atoms with Crippen LogP contribution in [-0.4, -0.2) is 27.3 Å². The molecule has 0 radical (unpaired) electrons. The van der Waals surface area contributed by atoms with Crippen molar-refractivity contribution >= 4 is 12.1 Å². The van der Waals surface area contributed by atoms with Crippen LogP contribution < -0.4 is 4.57 Å². The molecular weight excluding hydrogens is 300 g/mol. The van der Waals surface area contributed by atoms with Crippen molar-refractivity contribution < 1.29 is 29.1 Å². The largest absolute Gasteiger partial charge is 0.509 e. The van der Waals surface area contributed by atoms with E-state index in [1.54, 1.807) is 12.4 Å². The highest BCUT2D eigenvalue weighted by molar-refractivity contribution is 5.68. The molecule has 23 heavy (non-hydrogen) atoms. The number of ether oxygens (including phenoxy) is 1. The van der Waals surface area contributed by atoms with E-state index in [0.29, 0.717) is 12.8 Å². The van der Waals surface area contributed by atoms with E-state index in [9.17, 15) is 9.59 Å². The van der Waals surface area contributed by atoms with Crippen LogP contribution in [0.4, 0.5) is 4.79 Å². The van der Waals surface area contributed by atoms with Crippen LogP contribution in [0.2, 0.25) is 0 Å². The lowest BCUT2D eigenvalue weighted by molar-refractivity contribution is -0.803. The Morgan fingerprint density at radius 1 is 1.13 bits per heavy atom. The first kappa shape index (κ1) is 19.0. The van der Waals surface area contributed by atoms with Crippen LogP contribution >= 0.6 is 0 Å². The third-order valence-corrected chi connectivity index (χ3v) is 3.89. The van der Waals surface area contributed by atoms with Crippen molar-refractivity contribution in [3.63, 3.8) is 0 Å². The number of rotatable bonds is 12. The fourth-order valence-electron chi connectivity index (χ4n) is 2.75. The third kappa shape index (κ3) is 6.71. The number of hydrogen-bond donors (Lipinski definition) is 3. The molecule has 0 saturated carbocycles. The normalized spacial score (nSPS) is 13.4. The molecule has 1 atom stereocenters. The SMILES string of the molecule is CCCCCCCCCC(CC(=O)O)(OC(=O)O)[n+]1cc[nH]c1. The Hall–Kier alpha value is -2.05. The van der Waals surface area contributed by atoms with E-state index < -0.39 is 24.3 Å². The third-order valence-electron chi connectivity index (χ3n) is 3.89. The van der Waals surface area contributed by atoms with Crippen LogP contribution in [0.1, 0.15) is 64.7 Å². The minimum absolute atomic E-state index is 0.335. The van der Waals surface area contributed by atoms with Gasteiger partial charge in [0.05, 0.1) is 0 Å². The quantitative estimate of drug-likeness (QED) is 0.310. The zero-order valence-electron chi connectivity index (χ0n) is 13.7. The predicted octanol–water partition coefficient (Wildman–Crippen LogP) is 3.27. The molecule has 0 fully saturated rings. The van der Waals surface area contributed by atoms with Crippen LogP contribution in [0.25, 0.3) is 0 Å². The van der Waals surface area contributed by atoms with Crippen LogP contribution in [0.15, 0.2) is 18.7 Å². The molecular formula is C16H27N2O5+. The first-order valence-corrected chi connectivity index (χ1v) is 8.18. The molecule has 7 nitrogen and oxygen atoms in total. The molecule has 1 aromatic heterocycles. The number of aromatic nitrogens is 2. The maximum absolute atomic E-state index is 11.2. The second kappa shape index (κ2) is 9.86. The Bertz CT molecular complexity index is 457. The molecule has 0 aliphatic heterocycles. The molecule has 130 valence electrons.